The predicted octanol–water partition coefficient (Wildman–Crippen LogP) is 1.23. The molecule has 0 spiro atoms. The van der Waals surface area contributed by atoms with Crippen molar-refractivity contribution in [3.8, 4) is 5.75 Å². The number of nitrogens with zero attached hydrogens (tertiary/aromatic N) is 1. The van der Waals surface area contributed by atoms with Crippen molar-refractivity contribution in [2.45, 2.75) is 0 Å². The molecule has 0 aliphatic carbocycles. The molecule has 1 heterocycles. The minimum atomic E-state index is -0.397. The molecule has 3 N–H and O–H groups in total. The van der Waals surface area contributed by atoms with Crippen LogP contribution in [0.2, 0.25) is 0 Å². The van der Waals surface area contributed by atoms with Crippen molar-refractivity contribution in [1.82, 2.24) is 4.57 Å². The number of benzene rings is 1. The van der Waals surface area contributed by atoms with E-state index in [2.05, 4.69) is 5.32 Å². The summed E-state index contributed by atoms with van der Waals surface area (Å²) in [5.41, 5.74) is 6.66. The summed E-state index contributed by atoms with van der Waals surface area (Å²) in [6.07, 6.45) is 1.54. The number of methoxy groups -OCH3 is 1. The molecule has 0 saturated heterocycles. The highest BCUT2D eigenvalue weighted by molar-refractivity contribution is 6.05. The van der Waals surface area contributed by atoms with Crippen molar-refractivity contribution in [3.05, 3.63) is 52.4 Å². The van der Waals surface area contributed by atoms with Gasteiger partial charge in [0.15, 0.2) is 0 Å². The number of rotatable bonds is 3. The van der Waals surface area contributed by atoms with Crippen LogP contribution in [0.3, 0.4) is 0 Å². The Labute approximate surface area is 115 Å². The van der Waals surface area contributed by atoms with Gasteiger partial charge >= 0.3 is 0 Å². The molecule has 0 unspecified atom stereocenters. The second-order valence-corrected chi connectivity index (χ2v) is 4.28. The van der Waals surface area contributed by atoms with Crippen LogP contribution in [0.15, 0.2) is 41.3 Å². The Bertz CT molecular complexity index is 707. The van der Waals surface area contributed by atoms with Crippen LogP contribution in [-0.2, 0) is 7.05 Å². The highest BCUT2D eigenvalue weighted by Crippen LogP contribution is 2.26. The van der Waals surface area contributed by atoms with E-state index in [1.165, 1.54) is 23.9 Å². The average Bonchev–Trinajstić information content (AvgIpc) is 2.42. The molecule has 0 radical (unpaired) electrons. The lowest BCUT2D eigenvalue weighted by atomic mass is 10.2. The second kappa shape index (κ2) is 5.48. The number of carbonyl (C=O) groups excluding carboxylic acids is 1. The Morgan fingerprint density at radius 2 is 2.05 bits per heavy atom. The summed E-state index contributed by atoms with van der Waals surface area (Å²) in [4.78, 5) is 23.6. The number of amides is 1. The third-order valence-electron chi connectivity index (χ3n) is 2.84. The van der Waals surface area contributed by atoms with Crippen LogP contribution in [0.25, 0.3) is 0 Å². The van der Waals surface area contributed by atoms with Gasteiger partial charge in [-0.15, -0.1) is 0 Å². The van der Waals surface area contributed by atoms with Gasteiger partial charge in [-0.3, -0.25) is 9.59 Å². The van der Waals surface area contributed by atoms with Gasteiger partial charge in [-0.05, 0) is 24.3 Å². The van der Waals surface area contributed by atoms with Crippen LogP contribution in [0.1, 0.15) is 10.4 Å². The molecule has 6 nitrogen and oxygen atoms in total. The van der Waals surface area contributed by atoms with Crippen molar-refractivity contribution in [3.63, 3.8) is 0 Å². The minimum absolute atomic E-state index is 0.253. The first-order valence-corrected chi connectivity index (χ1v) is 5.93. The number of anilines is 2. The van der Waals surface area contributed by atoms with Gasteiger partial charge in [0.05, 0.1) is 12.8 Å². The van der Waals surface area contributed by atoms with Crippen LogP contribution in [0.5, 0.6) is 5.75 Å². The maximum atomic E-state index is 12.1. The van der Waals surface area contributed by atoms with Crippen LogP contribution in [0.4, 0.5) is 11.4 Å². The third kappa shape index (κ3) is 2.80. The standard InChI is InChI=1S/C14H15N3O3/c1-17-6-5-9(7-13(17)18)14(19)16-11-8-10(15)3-4-12(11)20-2/h3-8H,15H2,1-2H3,(H,16,19). The molecule has 0 bridgehead atoms. The monoisotopic (exact) mass is 273 g/mol. The zero-order chi connectivity index (χ0) is 14.7. The summed E-state index contributed by atoms with van der Waals surface area (Å²) in [6, 6.07) is 7.77. The van der Waals surface area contributed by atoms with Gasteiger partial charge in [-0.1, -0.05) is 0 Å². The van der Waals surface area contributed by atoms with E-state index < -0.39 is 5.91 Å². The van der Waals surface area contributed by atoms with Crippen LogP contribution >= 0.6 is 0 Å². The second-order valence-electron chi connectivity index (χ2n) is 4.28. The summed E-state index contributed by atoms with van der Waals surface area (Å²) in [6.45, 7) is 0. The maximum absolute atomic E-state index is 12.1. The smallest absolute Gasteiger partial charge is 0.256 e. The van der Waals surface area contributed by atoms with Crippen molar-refractivity contribution < 1.29 is 9.53 Å². The number of nitrogen functional groups attached to an aromatic ring is 1. The lowest BCUT2D eigenvalue weighted by Crippen LogP contribution is -2.20. The largest absolute Gasteiger partial charge is 0.495 e. The number of nitrogens with one attached hydrogen (secondary N) is 1. The van der Waals surface area contributed by atoms with E-state index in [-0.39, 0.29) is 11.1 Å². The molecule has 0 aliphatic heterocycles. The molecular formula is C14H15N3O3. The molecule has 104 valence electrons. The Kier molecular flexibility index (Phi) is 3.74. The third-order valence-corrected chi connectivity index (χ3v) is 2.84. The maximum Gasteiger partial charge on any atom is 0.256 e. The summed E-state index contributed by atoms with van der Waals surface area (Å²) >= 11 is 0. The van der Waals surface area contributed by atoms with Gasteiger partial charge in [0, 0.05) is 30.6 Å². The Hall–Kier alpha value is -2.76. The first kappa shape index (κ1) is 13.7. The van der Waals surface area contributed by atoms with E-state index in [0.717, 1.165) is 0 Å². The average molecular weight is 273 g/mol. The lowest BCUT2D eigenvalue weighted by molar-refractivity contribution is 0.102. The Morgan fingerprint density at radius 3 is 2.70 bits per heavy atom. The van der Waals surface area contributed by atoms with Gasteiger partial charge in [-0.2, -0.15) is 0 Å². The number of aromatic nitrogens is 1. The number of pyridine rings is 1. The van der Waals surface area contributed by atoms with E-state index in [4.69, 9.17) is 10.5 Å². The molecule has 1 amide bonds. The number of ether oxygens (including phenoxy) is 1. The van der Waals surface area contributed by atoms with Gasteiger partial charge in [0.25, 0.3) is 11.5 Å². The van der Waals surface area contributed by atoms with Crippen molar-refractivity contribution in [2.24, 2.45) is 7.05 Å². The van der Waals surface area contributed by atoms with Crippen molar-refractivity contribution in [1.29, 1.82) is 0 Å². The zero-order valence-corrected chi connectivity index (χ0v) is 11.2. The quantitative estimate of drug-likeness (QED) is 0.823. The van der Waals surface area contributed by atoms with Gasteiger partial charge < -0.3 is 20.4 Å². The number of hydrogen-bond donors (Lipinski definition) is 2. The van der Waals surface area contributed by atoms with E-state index in [1.807, 2.05) is 0 Å². The molecule has 0 fully saturated rings. The fourth-order valence-corrected chi connectivity index (χ4v) is 1.71. The fourth-order valence-electron chi connectivity index (χ4n) is 1.71. The lowest BCUT2D eigenvalue weighted by Gasteiger charge is -2.11. The fraction of sp³-hybridized carbons (Fsp3) is 0.143. The summed E-state index contributed by atoms with van der Waals surface area (Å²) in [5, 5.41) is 2.67. The molecule has 2 aromatic rings. The first-order chi connectivity index (χ1) is 9.51. The van der Waals surface area contributed by atoms with Crippen LogP contribution in [-0.4, -0.2) is 17.6 Å². The number of aryl methyl sites for hydroxylation is 1. The normalized spacial score (nSPS) is 10.1. The molecule has 2 rings (SSSR count). The topological polar surface area (TPSA) is 86.3 Å². The summed E-state index contributed by atoms with van der Waals surface area (Å²) < 4.78 is 6.53. The van der Waals surface area contributed by atoms with Crippen LogP contribution in [0, 0.1) is 0 Å². The van der Waals surface area contributed by atoms with Crippen molar-refractivity contribution in [2.75, 3.05) is 18.2 Å². The molecule has 20 heavy (non-hydrogen) atoms. The molecule has 1 aromatic heterocycles. The SMILES string of the molecule is COc1ccc(N)cc1NC(=O)c1ccn(C)c(=O)c1. The predicted molar refractivity (Wildman–Crippen MR) is 77.0 cm³/mol. The number of nitrogens with two attached hydrogens (primary N) is 1. The molecule has 0 saturated carbocycles. The molecule has 0 atom stereocenters. The Morgan fingerprint density at radius 1 is 1.30 bits per heavy atom. The van der Waals surface area contributed by atoms with Crippen molar-refractivity contribution >= 4 is 17.3 Å². The van der Waals surface area contributed by atoms with Gasteiger partial charge in [0.1, 0.15) is 5.75 Å². The first-order valence-electron chi connectivity index (χ1n) is 5.93. The van der Waals surface area contributed by atoms with E-state index in [0.29, 0.717) is 17.1 Å². The highest BCUT2D eigenvalue weighted by Gasteiger charge is 2.11. The molecule has 1 aromatic carbocycles. The van der Waals surface area contributed by atoms with Gasteiger partial charge in [-0.25, -0.2) is 0 Å². The van der Waals surface area contributed by atoms with Gasteiger partial charge in [0.2, 0.25) is 0 Å². The van der Waals surface area contributed by atoms with Crippen LogP contribution < -0.4 is 21.3 Å². The summed E-state index contributed by atoms with van der Waals surface area (Å²) in [7, 11) is 3.12. The summed E-state index contributed by atoms with van der Waals surface area (Å²) in [5.74, 6) is 0.1000. The minimum Gasteiger partial charge on any atom is -0.495 e. The van der Waals surface area contributed by atoms with E-state index >= 15 is 0 Å². The highest BCUT2D eigenvalue weighted by atomic mass is 16.5. The number of carbonyl (C=O) groups is 1. The van der Waals surface area contributed by atoms with E-state index in [1.54, 1.807) is 31.3 Å². The molecular weight excluding hydrogens is 258 g/mol. The number of hydrogen-bond acceptors (Lipinski definition) is 4. The molecule has 6 heteroatoms. The molecule has 0 aliphatic rings. The Balaban J connectivity index is 2.29. The zero-order valence-electron chi connectivity index (χ0n) is 11.2. The van der Waals surface area contributed by atoms with E-state index in [9.17, 15) is 9.59 Å².